The van der Waals surface area contributed by atoms with E-state index in [9.17, 15) is 10.1 Å². The fraction of sp³-hybridized carbons (Fsp3) is 0.455. The van der Waals surface area contributed by atoms with Gasteiger partial charge in [-0.25, -0.2) is 0 Å². The molecule has 0 aliphatic heterocycles. The summed E-state index contributed by atoms with van der Waals surface area (Å²) in [7, 11) is 1.49. The molecule has 5 nitrogen and oxygen atoms in total. The van der Waals surface area contributed by atoms with Crippen molar-refractivity contribution >= 4 is 17.3 Å². The zero-order chi connectivity index (χ0) is 12.8. The molecular weight excluding hydrogens is 246 g/mol. The first-order valence-electron chi connectivity index (χ1n) is 5.09. The maximum Gasteiger partial charge on any atom is 0.311 e. The number of alkyl halides is 1. The van der Waals surface area contributed by atoms with Crippen LogP contribution in [0.25, 0.3) is 0 Å². The number of benzene rings is 1. The highest BCUT2D eigenvalue weighted by atomic mass is 35.5. The number of nitro benzene ring substituents is 1. The minimum absolute atomic E-state index is 0.0763. The first kappa shape index (κ1) is 13.6. The van der Waals surface area contributed by atoms with Gasteiger partial charge >= 0.3 is 5.69 Å². The van der Waals surface area contributed by atoms with Gasteiger partial charge in [0, 0.05) is 23.9 Å². The molecule has 0 bridgehead atoms. The molecule has 17 heavy (non-hydrogen) atoms. The zero-order valence-electron chi connectivity index (χ0n) is 9.68. The van der Waals surface area contributed by atoms with Crippen LogP contribution in [-0.2, 0) is 0 Å². The lowest BCUT2D eigenvalue weighted by atomic mass is 10.2. The van der Waals surface area contributed by atoms with Gasteiger partial charge < -0.3 is 9.47 Å². The number of halogens is 1. The SMILES string of the molecule is COc1ccc([N+](=O)[O-])c(OCC(C)CCl)c1. The van der Waals surface area contributed by atoms with Crippen LogP contribution in [0.3, 0.4) is 0 Å². The first-order chi connectivity index (χ1) is 8.08. The van der Waals surface area contributed by atoms with E-state index in [4.69, 9.17) is 21.1 Å². The van der Waals surface area contributed by atoms with E-state index in [1.807, 2.05) is 6.92 Å². The third-order valence-corrected chi connectivity index (χ3v) is 2.68. The van der Waals surface area contributed by atoms with Crippen LogP contribution in [0, 0.1) is 16.0 Å². The molecule has 0 saturated carbocycles. The number of ether oxygens (including phenoxy) is 2. The van der Waals surface area contributed by atoms with Crippen LogP contribution in [0.4, 0.5) is 5.69 Å². The zero-order valence-corrected chi connectivity index (χ0v) is 10.4. The van der Waals surface area contributed by atoms with E-state index < -0.39 is 4.92 Å². The minimum Gasteiger partial charge on any atom is -0.497 e. The monoisotopic (exact) mass is 259 g/mol. The molecule has 0 aliphatic carbocycles. The summed E-state index contributed by atoms with van der Waals surface area (Å²) in [4.78, 5) is 10.3. The molecule has 1 aromatic rings. The van der Waals surface area contributed by atoms with Crippen molar-refractivity contribution in [3.8, 4) is 11.5 Å². The van der Waals surface area contributed by atoms with Gasteiger partial charge in [0.05, 0.1) is 18.6 Å². The smallest absolute Gasteiger partial charge is 0.311 e. The van der Waals surface area contributed by atoms with Crippen LogP contribution >= 0.6 is 11.6 Å². The average Bonchev–Trinajstić information content (AvgIpc) is 2.35. The van der Waals surface area contributed by atoms with Crippen molar-refractivity contribution < 1.29 is 14.4 Å². The summed E-state index contributed by atoms with van der Waals surface area (Å²) >= 11 is 5.64. The fourth-order valence-corrected chi connectivity index (χ4v) is 1.25. The predicted octanol–water partition coefficient (Wildman–Crippen LogP) is 2.86. The first-order valence-corrected chi connectivity index (χ1v) is 5.63. The fourth-order valence-electron chi connectivity index (χ4n) is 1.16. The lowest BCUT2D eigenvalue weighted by molar-refractivity contribution is -0.385. The minimum atomic E-state index is -0.486. The summed E-state index contributed by atoms with van der Waals surface area (Å²) < 4.78 is 10.4. The molecule has 1 atom stereocenters. The number of methoxy groups -OCH3 is 1. The van der Waals surface area contributed by atoms with Crippen LogP contribution in [0.5, 0.6) is 11.5 Å². The molecule has 0 spiro atoms. The Kier molecular flexibility index (Phi) is 5.03. The summed E-state index contributed by atoms with van der Waals surface area (Å²) in [6.45, 7) is 2.23. The van der Waals surface area contributed by atoms with E-state index in [0.717, 1.165) is 0 Å². The van der Waals surface area contributed by atoms with E-state index in [1.54, 1.807) is 0 Å². The molecule has 1 rings (SSSR count). The number of nitro groups is 1. The lowest BCUT2D eigenvalue weighted by Crippen LogP contribution is -2.10. The van der Waals surface area contributed by atoms with Gasteiger partial charge in [-0.1, -0.05) is 6.92 Å². The Morgan fingerprint density at radius 3 is 2.76 bits per heavy atom. The van der Waals surface area contributed by atoms with Crippen LogP contribution in [-0.4, -0.2) is 24.5 Å². The van der Waals surface area contributed by atoms with Gasteiger partial charge in [-0.05, 0) is 6.07 Å². The highest BCUT2D eigenvalue weighted by Crippen LogP contribution is 2.31. The van der Waals surface area contributed by atoms with E-state index in [2.05, 4.69) is 0 Å². The number of nitrogens with zero attached hydrogens (tertiary/aromatic N) is 1. The van der Waals surface area contributed by atoms with Crippen molar-refractivity contribution in [3.05, 3.63) is 28.3 Å². The quantitative estimate of drug-likeness (QED) is 0.448. The third-order valence-electron chi connectivity index (χ3n) is 2.15. The second kappa shape index (κ2) is 6.30. The Bertz CT molecular complexity index is 397. The maximum atomic E-state index is 10.8. The molecule has 1 aromatic carbocycles. The molecule has 0 aromatic heterocycles. The van der Waals surface area contributed by atoms with Crippen molar-refractivity contribution in [2.24, 2.45) is 5.92 Å². The summed E-state index contributed by atoms with van der Waals surface area (Å²) in [6, 6.07) is 4.38. The Labute approximate surface area is 104 Å². The molecule has 94 valence electrons. The number of hydrogen-bond acceptors (Lipinski definition) is 4. The van der Waals surface area contributed by atoms with Gasteiger partial charge in [-0.15, -0.1) is 11.6 Å². The van der Waals surface area contributed by atoms with Gasteiger partial charge in [0.2, 0.25) is 5.75 Å². The topological polar surface area (TPSA) is 61.6 Å². The van der Waals surface area contributed by atoms with Gasteiger partial charge in [0.25, 0.3) is 0 Å². The molecule has 0 heterocycles. The second-order valence-corrected chi connectivity index (χ2v) is 3.97. The largest absolute Gasteiger partial charge is 0.497 e. The highest BCUT2D eigenvalue weighted by molar-refractivity contribution is 6.18. The average molecular weight is 260 g/mol. The van der Waals surface area contributed by atoms with Crippen molar-refractivity contribution in [3.63, 3.8) is 0 Å². The highest BCUT2D eigenvalue weighted by Gasteiger charge is 2.16. The molecule has 0 aliphatic rings. The Morgan fingerprint density at radius 2 is 2.24 bits per heavy atom. The molecule has 0 fully saturated rings. The standard InChI is InChI=1S/C11H14ClNO4/c1-8(6-12)7-17-11-5-9(16-2)3-4-10(11)13(14)15/h3-5,8H,6-7H2,1-2H3. The van der Waals surface area contributed by atoms with E-state index in [1.165, 1.54) is 25.3 Å². The predicted molar refractivity (Wildman–Crippen MR) is 65.0 cm³/mol. The lowest BCUT2D eigenvalue weighted by Gasteiger charge is -2.11. The number of hydrogen-bond donors (Lipinski definition) is 0. The molecule has 0 amide bonds. The van der Waals surface area contributed by atoms with Gasteiger partial charge in [-0.2, -0.15) is 0 Å². The normalized spacial score (nSPS) is 11.9. The van der Waals surface area contributed by atoms with Crippen molar-refractivity contribution in [2.75, 3.05) is 19.6 Å². The molecule has 6 heteroatoms. The Morgan fingerprint density at radius 1 is 1.53 bits per heavy atom. The maximum absolute atomic E-state index is 10.8. The summed E-state index contributed by atoms with van der Waals surface area (Å²) in [5, 5.41) is 10.8. The van der Waals surface area contributed by atoms with Gasteiger partial charge in [0.1, 0.15) is 5.75 Å². The van der Waals surface area contributed by atoms with Gasteiger partial charge in [0.15, 0.2) is 0 Å². The summed E-state index contributed by atoms with van der Waals surface area (Å²) in [6.07, 6.45) is 0. The third kappa shape index (κ3) is 3.78. The van der Waals surface area contributed by atoms with E-state index in [-0.39, 0.29) is 17.4 Å². The molecule has 0 radical (unpaired) electrons. The molecule has 0 N–H and O–H groups in total. The number of rotatable bonds is 6. The van der Waals surface area contributed by atoms with Crippen molar-refractivity contribution in [1.82, 2.24) is 0 Å². The van der Waals surface area contributed by atoms with Crippen LogP contribution in [0.2, 0.25) is 0 Å². The Hall–Kier alpha value is -1.49. The summed E-state index contributed by atoms with van der Waals surface area (Å²) in [5.41, 5.74) is -0.0763. The van der Waals surface area contributed by atoms with Crippen LogP contribution < -0.4 is 9.47 Å². The van der Waals surface area contributed by atoms with Crippen molar-refractivity contribution in [2.45, 2.75) is 6.92 Å². The van der Waals surface area contributed by atoms with E-state index >= 15 is 0 Å². The molecule has 1 unspecified atom stereocenters. The molecule has 0 saturated heterocycles. The van der Waals surface area contributed by atoms with Crippen molar-refractivity contribution in [1.29, 1.82) is 0 Å². The molecular formula is C11H14ClNO4. The Balaban J connectivity index is 2.89. The second-order valence-electron chi connectivity index (χ2n) is 3.66. The van der Waals surface area contributed by atoms with Crippen LogP contribution in [0.1, 0.15) is 6.92 Å². The van der Waals surface area contributed by atoms with E-state index in [0.29, 0.717) is 18.2 Å². The summed E-state index contributed by atoms with van der Waals surface area (Å²) in [5.74, 6) is 1.29. The van der Waals surface area contributed by atoms with Gasteiger partial charge in [-0.3, -0.25) is 10.1 Å². The van der Waals surface area contributed by atoms with Crippen LogP contribution in [0.15, 0.2) is 18.2 Å².